The predicted octanol–water partition coefficient (Wildman–Crippen LogP) is 3.05. The summed E-state index contributed by atoms with van der Waals surface area (Å²) in [6.45, 7) is 0.506. The van der Waals surface area contributed by atoms with Gasteiger partial charge in [-0.1, -0.05) is 6.07 Å². The van der Waals surface area contributed by atoms with E-state index in [1.165, 1.54) is 0 Å². The first-order valence-corrected chi connectivity index (χ1v) is 10.8. The van der Waals surface area contributed by atoms with E-state index >= 15 is 0 Å². The summed E-state index contributed by atoms with van der Waals surface area (Å²) in [5.41, 5.74) is 3.59. The summed E-state index contributed by atoms with van der Waals surface area (Å²) in [5, 5.41) is 5.52. The second-order valence-electron chi connectivity index (χ2n) is 7.99. The van der Waals surface area contributed by atoms with Gasteiger partial charge in [-0.25, -0.2) is 4.79 Å². The summed E-state index contributed by atoms with van der Waals surface area (Å²) in [7, 11) is 1.54. The van der Waals surface area contributed by atoms with Gasteiger partial charge in [-0.3, -0.25) is 24.9 Å². The fourth-order valence-electron chi connectivity index (χ4n) is 4.10. The zero-order valence-corrected chi connectivity index (χ0v) is 18.7. The molecule has 2 N–H and O–H groups in total. The maximum Gasteiger partial charge on any atom is 0.321 e. The van der Waals surface area contributed by atoms with Crippen molar-refractivity contribution in [1.29, 1.82) is 0 Å². The van der Waals surface area contributed by atoms with Crippen molar-refractivity contribution in [3.05, 3.63) is 77.9 Å². The van der Waals surface area contributed by atoms with Crippen LogP contribution >= 0.6 is 0 Å². The quantitative estimate of drug-likeness (QED) is 0.397. The number of carbonyl (C=O) groups excluding carboxylic acids is 3. The summed E-state index contributed by atoms with van der Waals surface area (Å²) in [6, 6.07) is 11.2. The monoisotopic (exact) mass is 471 g/mol. The summed E-state index contributed by atoms with van der Waals surface area (Å²) in [5.74, 6) is 0.837. The zero-order valence-electron chi connectivity index (χ0n) is 18.7. The van der Waals surface area contributed by atoms with E-state index in [1.807, 2.05) is 18.2 Å². The van der Waals surface area contributed by atoms with Crippen molar-refractivity contribution in [3.8, 4) is 17.0 Å². The van der Waals surface area contributed by atoms with E-state index in [-0.39, 0.29) is 12.5 Å². The first-order valence-electron chi connectivity index (χ1n) is 10.8. The highest BCUT2D eigenvalue weighted by molar-refractivity contribution is 5.98. The van der Waals surface area contributed by atoms with Crippen LogP contribution in [0, 0.1) is 0 Å². The van der Waals surface area contributed by atoms with Crippen LogP contribution in [0.2, 0.25) is 0 Å². The fraction of sp³-hybridized carbons (Fsp3) is 0.160. The Hall–Kier alpha value is -4.73. The number of methoxy groups -OCH3 is 1. The van der Waals surface area contributed by atoms with E-state index in [0.29, 0.717) is 41.3 Å². The molecule has 0 radical (unpaired) electrons. The third-order valence-electron chi connectivity index (χ3n) is 5.83. The van der Waals surface area contributed by atoms with Crippen LogP contribution in [0.15, 0.2) is 65.5 Å². The molecule has 10 heteroatoms. The van der Waals surface area contributed by atoms with Gasteiger partial charge in [0.25, 0.3) is 5.91 Å². The topological polar surface area (TPSA) is 127 Å². The lowest BCUT2D eigenvalue weighted by molar-refractivity contribution is -0.108. The number of fused-ring (bicyclic) bond motifs is 2. The number of ether oxygens (including phenoxy) is 1. The number of benzene rings is 1. The summed E-state index contributed by atoms with van der Waals surface area (Å²) in [6.07, 6.45) is 5.34. The van der Waals surface area contributed by atoms with Gasteiger partial charge in [0.2, 0.25) is 6.41 Å². The van der Waals surface area contributed by atoms with Gasteiger partial charge >= 0.3 is 6.03 Å². The van der Waals surface area contributed by atoms with Crippen molar-refractivity contribution >= 4 is 29.3 Å². The summed E-state index contributed by atoms with van der Waals surface area (Å²) in [4.78, 5) is 46.2. The Morgan fingerprint density at radius 1 is 1.23 bits per heavy atom. The Morgan fingerprint density at radius 3 is 2.83 bits per heavy atom. The fourth-order valence-corrected chi connectivity index (χ4v) is 4.10. The lowest BCUT2D eigenvalue weighted by Crippen LogP contribution is -2.42. The van der Waals surface area contributed by atoms with E-state index in [4.69, 9.17) is 9.15 Å². The van der Waals surface area contributed by atoms with Crippen LogP contribution in [0.25, 0.3) is 22.2 Å². The number of rotatable bonds is 7. The number of furan rings is 1. The number of imide groups is 1. The van der Waals surface area contributed by atoms with Crippen molar-refractivity contribution in [2.24, 2.45) is 0 Å². The number of nitrogens with zero attached hydrogens (tertiary/aromatic N) is 3. The summed E-state index contributed by atoms with van der Waals surface area (Å²) >= 11 is 0. The number of urea groups is 1. The average molecular weight is 471 g/mol. The van der Waals surface area contributed by atoms with Crippen molar-refractivity contribution < 1.29 is 23.5 Å². The minimum absolute atomic E-state index is 0.132. The lowest BCUT2D eigenvalue weighted by Gasteiger charge is -2.23. The van der Waals surface area contributed by atoms with E-state index in [2.05, 4.69) is 20.6 Å². The number of hydrogen-bond donors (Lipinski definition) is 2. The molecule has 0 fully saturated rings. The SMILES string of the molecule is COc1ccc2c(c1)C(=O)N(C[C@H](NC(=O)NC=O)c1cc3cnc(-c4ccncc4)cc3o1)C2. The number of pyridine rings is 2. The highest BCUT2D eigenvalue weighted by Crippen LogP contribution is 2.31. The molecule has 1 aliphatic rings. The molecule has 0 bridgehead atoms. The Kier molecular flexibility index (Phi) is 5.84. The normalized spacial score (nSPS) is 13.4. The Balaban J connectivity index is 1.44. The minimum Gasteiger partial charge on any atom is -0.497 e. The second kappa shape index (κ2) is 9.26. The first kappa shape index (κ1) is 22.1. The van der Waals surface area contributed by atoms with Gasteiger partial charge in [0, 0.05) is 54.3 Å². The van der Waals surface area contributed by atoms with Crippen LogP contribution in [0.4, 0.5) is 4.79 Å². The molecule has 4 amide bonds. The lowest BCUT2D eigenvalue weighted by atomic mass is 10.1. The molecule has 3 aromatic heterocycles. The second-order valence-corrected chi connectivity index (χ2v) is 7.99. The van der Waals surface area contributed by atoms with Crippen LogP contribution in [0.5, 0.6) is 5.75 Å². The van der Waals surface area contributed by atoms with Gasteiger partial charge in [0.05, 0.1) is 12.8 Å². The highest BCUT2D eigenvalue weighted by atomic mass is 16.5. The van der Waals surface area contributed by atoms with Crippen LogP contribution in [0.1, 0.15) is 27.7 Å². The molecule has 4 heterocycles. The molecular formula is C25H21N5O5. The maximum absolute atomic E-state index is 13.1. The van der Waals surface area contributed by atoms with Gasteiger partial charge in [-0.15, -0.1) is 0 Å². The molecule has 0 aliphatic carbocycles. The Labute approximate surface area is 199 Å². The van der Waals surface area contributed by atoms with E-state index in [0.717, 1.165) is 16.5 Å². The molecule has 176 valence electrons. The van der Waals surface area contributed by atoms with Crippen molar-refractivity contribution in [3.63, 3.8) is 0 Å². The molecule has 1 aliphatic heterocycles. The van der Waals surface area contributed by atoms with Gasteiger partial charge in [0.1, 0.15) is 23.1 Å². The van der Waals surface area contributed by atoms with E-state index in [9.17, 15) is 14.4 Å². The third kappa shape index (κ3) is 4.41. The number of carbonyl (C=O) groups is 3. The standard InChI is InChI=1S/C25H21N5O5/c1-34-18-3-2-16-12-30(24(32)19(16)9-18)13-21(29-25(33)28-14-31)23-8-17-11-27-20(10-22(17)35-23)15-4-6-26-7-5-15/h2-11,14,21H,12-13H2,1H3,(H2,28,29,31,33)/t21-/m0/s1. The molecular weight excluding hydrogens is 450 g/mol. The Bertz CT molecular complexity index is 1420. The van der Waals surface area contributed by atoms with Crippen LogP contribution < -0.4 is 15.4 Å². The van der Waals surface area contributed by atoms with Crippen LogP contribution in [0.3, 0.4) is 0 Å². The van der Waals surface area contributed by atoms with Crippen molar-refractivity contribution in [2.45, 2.75) is 12.6 Å². The van der Waals surface area contributed by atoms with E-state index in [1.54, 1.807) is 54.9 Å². The van der Waals surface area contributed by atoms with Gasteiger partial charge in [-0.2, -0.15) is 0 Å². The minimum atomic E-state index is -0.716. The molecule has 1 atom stereocenters. The first-order chi connectivity index (χ1) is 17.1. The van der Waals surface area contributed by atoms with Crippen LogP contribution in [-0.2, 0) is 11.3 Å². The zero-order chi connectivity index (χ0) is 24.4. The number of hydrogen-bond acceptors (Lipinski definition) is 7. The molecule has 1 aromatic carbocycles. The van der Waals surface area contributed by atoms with Crippen LogP contribution in [-0.4, -0.2) is 46.9 Å². The van der Waals surface area contributed by atoms with Crippen molar-refractivity contribution in [1.82, 2.24) is 25.5 Å². The predicted molar refractivity (Wildman–Crippen MR) is 125 cm³/mol. The van der Waals surface area contributed by atoms with Gasteiger partial charge < -0.3 is 19.4 Å². The molecule has 0 unspecified atom stereocenters. The summed E-state index contributed by atoms with van der Waals surface area (Å²) < 4.78 is 11.3. The molecule has 10 nitrogen and oxygen atoms in total. The largest absolute Gasteiger partial charge is 0.497 e. The van der Waals surface area contributed by atoms with E-state index < -0.39 is 12.1 Å². The molecule has 0 saturated heterocycles. The third-order valence-corrected chi connectivity index (χ3v) is 5.83. The molecule has 0 saturated carbocycles. The maximum atomic E-state index is 13.1. The average Bonchev–Trinajstić information content (AvgIpc) is 3.44. The molecule has 4 aromatic rings. The molecule has 35 heavy (non-hydrogen) atoms. The number of nitrogens with one attached hydrogen (secondary N) is 2. The number of amides is 4. The molecule has 0 spiro atoms. The van der Waals surface area contributed by atoms with Gasteiger partial charge in [-0.05, 0) is 35.9 Å². The smallest absolute Gasteiger partial charge is 0.321 e. The number of aromatic nitrogens is 2. The molecule has 5 rings (SSSR count). The van der Waals surface area contributed by atoms with Crippen molar-refractivity contribution in [2.75, 3.05) is 13.7 Å². The Morgan fingerprint density at radius 2 is 2.06 bits per heavy atom. The van der Waals surface area contributed by atoms with Gasteiger partial charge in [0.15, 0.2) is 0 Å². The highest BCUT2D eigenvalue weighted by Gasteiger charge is 2.31.